The third-order valence-electron chi connectivity index (χ3n) is 8.47. The maximum Gasteiger partial charge on any atom is 0.312 e. The number of aliphatic hydroxyl groups excluding tert-OH is 1. The quantitative estimate of drug-likeness (QED) is 0.403. The monoisotopic (exact) mass is 520 g/mol. The summed E-state index contributed by atoms with van der Waals surface area (Å²) in [5.41, 5.74) is -0.477. The van der Waals surface area contributed by atoms with Gasteiger partial charge in [0, 0.05) is 12.2 Å². The summed E-state index contributed by atoms with van der Waals surface area (Å²) in [6.07, 6.45) is 2.23. The standard InChI is InChI=1S/C30H36N2O6/c1-5-15-31(21-12-11-19-9-7-8-10-20(19)16-21)28(35)26-30-14-13-23(38-30)24(29(36)37-6-2)25(30)27(34)32(26)22(17-33)18(3)4/h5,7-12,16,18,22-26,33H,1,6,13-15,17H2,2-4H3/t22-,23+,24-,25-,26?,30?/m0/s1. The summed E-state index contributed by atoms with van der Waals surface area (Å²) in [6, 6.07) is 12.1. The Morgan fingerprint density at radius 2 is 2.00 bits per heavy atom. The number of nitrogens with zero attached hydrogens (tertiary/aromatic N) is 2. The number of anilines is 1. The zero-order valence-electron chi connectivity index (χ0n) is 22.2. The van der Waals surface area contributed by atoms with E-state index in [4.69, 9.17) is 9.47 Å². The predicted octanol–water partition coefficient (Wildman–Crippen LogP) is 3.31. The average molecular weight is 521 g/mol. The maximum atomic E-state index is 14.6. The number of aliphatic hydroxyl groups is 1. The first kappa shape index (κ1) is 26.4. The number of carbonyl (C=O) groups is 3. The zero-order valence-corrected chi connectivity index (χ0v) is 22.2. The number of hydrogen-bond donors (Lipinski definition) is 1. The molecule has 8 nitrogen and oxygen atoms in total. The van der Waals surface area contributed by atoms with Crippen LogP contribution in [0.5, 0.6) is 0 Å². The highest BCUT2D eigenvalue weighted by atomic mass is 16.6. The molecule has 0 saturated carbocycles. The van der Waals surface area contributed by atoms with Gasteiger partial charge in [-0.25, -0.2) is 0 Å². The number of ether oxygens (including phenoxy) is 2. The smallest absolute Gasteiger partial charge is 0.312 e. The van der Waals surface area contributed by atoms with Gasteiger partial charge in [0.1, 0.15) is 11.6 Å². The summed E-state index contributed by atoms with van der Waals surface area (Å²) in [5.74, 6) is -2.82. The Morgan fingerprint density at radius 3 is 2.66 bits per heavy atom. The van der Waals surface area contributed by atoms with Gasteiger partial charge in [0.2, 0.25) is 5.91 Å². The molecule has 5 rings (SSSR count). The van der Waals surface area contributed by atoms with E-state index >= 15 is 0 Å². The molecule has 1 spiro atoms. The molecule has 2 aromatic rings. The third-order valence-corrected chi connectivity index (χ3v) is 8.47. The van der Waals surface area contributed by atoms with Crippen molar-refractivity contribution in [2.45, 2.75) is 57.4 Å². The summed E-state index contributed by atoms with van der Waals surface area (Å²) in [6.45, 7) is 9.54. The first-order chi connectivity index (χ1) is 18.3. The Kier molecular flexibility index (Phi) is 7.05. The van der Waals surface area contributed by atoms with Crippen molar-refractivity contribution in [3.05, 3.63) is 55.1 Å². The Labute approximate surface area is 223 Å². The van der Waals surface area contributed by atoms with E-state index < -0.39 is 41.6 Å². The predicted molar refractivity (Wildman–Crippen MR) is 143 cm³/mol. The number of carbonyl (C=O) groups excluding carboxylic acids is 3. The van der Waals surface area contributed by atoms with Gasteiger partial charge in [-0.05, 0) is 48.6 Å². The fraction of sp³-hybridized carbons (Fsp3) is 0.500. The molecule has 0 aliphatic carbocycles. The average Bonchev–Trinajstić information content (AvgIpc) is 3.55. The lowest BCUT2D eigenvalue weighted by molar-refractivity contribution is -0.155. The van der Waals surface area contributed by atoms with Gasteiger partial charge in [-0.15, -0.1) is 6.58 Å². The van der Waals surface area contributed by atoms with Gasteiger partial charge >= 0.3 is 5.97 Å². The fourth-order valence-corrected chi connectivity index (χ4v) is 6.80. The fourth-order valence-electron chi connectivity index (χ4n) is 6.80. The largest absolute Gasteiger partial charge is 0.466 e. The lowest BCUT2D eigenvalue weighted by Crippen LogP contribution is -2.59. The first-order valence-electron chi connectivity index (χ1n) is 13.5. The van der Waals surface area contributed by atoms with Gasteiger partial charge in [-0.1, -0.05) is 50.3 Å². The molecular weight excluding hydrogens is 484 g/mol. The van der Waals surface area contributed by atoms with E-state index in [1.807, 2.05) is 56.3 Å². The van der Waals surface area contributed by atoms with Crippen molar-refractivity contribution in [3.63, 3.8) is 0 Å². The second-order valence-electron chi connectivity index (χ2n) is 10.8. The molecule has 3 heterocycles. The van der Waals surface area contributed by atoms with Crippen LogP contribution in [0.1, 0.15) is 33.6 Å². The van der Waals surface area contributed by atoms with E-state index in [-0.39, 0.29) is 37.5 Å². The van der Waals surface area contributed by atoms with Crippen LogP contribution >= 0.6 is 0 Å². The van der Waals surface area contributed by atoms with Gasteiger partial charge < -0.3 is 24.4 Å². The lowest BCUT2D eigenvalue weighted by Gasteiger charge is -2.40. The minimum absolute atomic E-state index is 0.124. The second kappa shape index (κ2) is 10.2. The molecule has 0 aromatic heterocycles. The molecular formula is C30H36N2O6. The molecule has 2 aromatic carbocycles. The van der Waals surface area contributed by atoms with Crippen LogP contribution in [0.4, 0.5) is 5.69 Å². The minimum Gasteiger partial charge on any atom is -0.466 e. The molecule has 3 saturated heterocycles. The van der Waals surface area contributed by atoms with Gasteiger partial charge in [-0.2, -0.15) is 0 Å². The lowest BCUT2D eigenvalue weighted by atomic mass is 9.70. The van der Waals surface area contributed by atoms with Crippen LogP contribution in [0.2, 0.25) is 0 Å². The Bertz CT molecular complexity index is 1260. The highest BCUT2D eigenvalue weighted by Crippen LogP contribution is 2.59. The van der Waals surface area contributed by atoms with Crippen molar-refractivity contribution in [1.82, 2.24) is 4.90 Å². The van der Waals surface area contributed by atoms with Crippen molar-refractivity contribution < 1.29 is 29.0 Å². The molecule has 2 amide bonds. The second-order valence-corrected chi connectivity index (χ2v) is 10.8. The van der Waals surface area contributed by atoms with Crippen LogP contribution in [0, 0.1) is 17.8 Å². The molecule has 2 bridgehead atoms. The van der Waals surface area contributed by atoms with Crippen molar-refractivity contribution >= 4 is 34.2 Å². The number of fused-ring (bicyclic) bond motifs is 2. The van der Waals surface area contributed by atoms with Crippen LogP contribution < -0.4 is 4.90 Å². The Hall–Kier alpha value is -3.23. The summed E-state index contributed by atoms with van der Waals surface area (Å²) < 4.78 is 11.8. The summed E-state index contributed by atoms with van der Waals surface area (Å²) in [7, 11) is 0. The molecule has 3 aliphatic rings. The van der Waals surface area contributed by atoms with E-state index in [0.717, 1.165) is 10.8 Å². The summed E-state index contributed by atoms with van der Waals surface area (Å²) in [4.78, 5) is 44.9. The zero-order chi connectivity index (χ0) is 27.2. The Morgan fingerprint density at radius 1 is 1.26 bits per heavy atom. The number of esters is 1. The normalized spacial score (nSPS) is 28.6. The van der Waals surface area contributed by atoms with Crippen molar-refractivity contribution in [1.29, 1.82) is 0 Å². The molecule has 8 heteroatoms. The number of benzene rings is 2. The molecule has 1 N–H and O–H groups in total. The number of likely N-dealkylation sites (tertiary alicyclic amines) is 1. The molecule has 6 atom stereocenters. The van der Waals surface area contributed by atoms with Crippen molar-refractivity contribution in [2.75, 3.05) is 24.7 Å². The minimum atomic E-state index is -1.16. The number of hydrogen-bond acceptors (Lipinski definition) is 6. The summed E-state index contributed by atoms with van der Waals surface area (Å²) in [5, 5.41) is 12.4. The van der Waals surface area contributed by atoms with Gasteiger partial charge in [0.25, 0.3) is 5.91 Å². The van der Waals surface area contributed by atoms with Gasteiger partial charge in [0.05, 0.1) is 37.2 Å². The van der Waals surface area contributed by atoms with Crippen molar-refractivity contribution in [2.24, 2.45) is 17.8 Å². The van der Waals surface area contributed by atoms with Gasteiger partial charge in [-0.3, -0.25) is 14.4 Å². The molecule has 2 unspecified atom stereocenters. The van der Waals surface area contributed by atoms with E-state index in [1.165, 1.54) is 4.90 Å². The highest BCUT2D eigenvalue weighted by molar-refractivity contribution is 6.05. The highest BCUT2D eigenvalue weighted by Gasteiger charge is 2.75. The molecule has 0 radical (unpaired) electrons. The molecule has 38 heavy (non-hydrogen) atoms. The van der Waals surface area contributed by atoms with E-state index in [0.29, 0.717) is 18.5 Å². The van der Waals surface area contributed by atoms with Gasteiger partial charge in [0.15, 0.2) is 0 Å². The molecule has 3 fully saturated rings. The van der Waals surface area contributed by atoms with Crippen LogP contribution in [-0.4, -0.2) is 71.3 Å². The molecule has 3 aliphatic heterocycles. The third kappa shape index (κ3) is 3.93. The topological polar surface area (TPSA) is 96.4 Å². The number of rotatable bonds is 9. The van der Waals surface area contributed by atoms with E-state index in [2.05, 4.69) is 6.58 Å². The summed E-state index contributed by atoms with van der Waals surface area (Å²) >= 11 is 0. The van der Waals surface area contributed by atoms with E-state index in [1.54, 1.807) is 17.9 Å². The molecule has 202 valence electrons. The van der Waals surface area contributed by atoms with E-state index in [9.17, 15) is 19.5 Å². The SMILES string of the molecule is C=CCN(C(=O)C1N([C@@H](CO)C(C)C)C(=O)[C@@H]2[C@@H](C(=O)OCC)[C@H]3CCC12O3)c1ccc2ccccc2c1. The van der Waals surface area contributed by atoms with Crippen LogP contribution in [0.3, 0.4) is 0 Å². The number of amides is 2. The van der Waals surface area contributed by atoms with Crippen LogP contribution in [-0.2, 0) is 23.9 Å². The van der Waals surface area contributed by atoms with Crippen molar-refractivity contribution in [3.8, 4) is 0 Å². The Balaban J connectivity index is 1.62. The van der Waals surface area contributed by atoms with Crippen LogP contribution in [0.25, 0.3) is 10.8 Å². The maximum absolute atomic E-state index is 14.6. The first-order valence-corrected chi connectivity index (χ1v) is 13.5. The van der Waals surface area contributed by atoms with Crippen LogP contribution in [0.15, 0.2) is 55.1 Å².